The number of nitrogens with one attached hydrogen (secondary N) is 1. The van der Waals surface area contributed by atoms with Crippen molar-refractivity contribution in [3.63, 3.8) is 0 Å². The zero-order chi connectivity index (χ0) is 14.3. The second-order valence-electron chi connectivity index (χ2n) is 4.19. The molecule has 0 amide bonds. The van der Waals surface area contributed by atoms with Crippen LogP contribution in [0, 0.1) is 0 Å². The average Bonchev–Trinajstić information content (AvgIpc) is 2.42. The summed E-state index contributed by atoms with van der Waals surface area (Å²) in [6, 6.07) is 4.35. The number of carbonyl (C=O) groups is 1. The molecule has 0 saturated carbocycles. The Balaban J connectivity index is 3.02. The molecule has 0 aliphatic heterocycles. The van der Waals surface area contributed by atoms with Gasteiger partial charge in [0.15, 0.2) is 0 Å². The molecule has 106 valence electrons. The first-order valence-electron chi connectivity index (χ1n) is 6.32. The Hall–Kier alpha value is -1.75. The lowest BCUT2D eigenvalue weighted by atomic mass is 10.0. The molecule has 0 spiro atoms. The molecular weight excluding hydrogens is 246 g/mol. The molecule has 0 aromatic heterocycles. The zero-order valence-corrected chi connectivity index (χ0v) is 11.6. The molecule has 0 fully saturated rings. The lowest BCUT2D eigenvalue weighted by Gasteiger charge is -2.18. The fourth-order valence-electron chi connectivity index (χ4n) is 1.82. The third-order valence-corrected chi connectivity index (χ3v) is 2.87. The van der Waals surface area contributed by atoms with Crippen molar-refractivity contribution in [1.82, 2.24) is 5.32 Å². The lowest BCUT2D eigenvalue weighted by molar-refractivity contribution is -0.139. The Labute approximate surface area is 113 Å². The standard InChI is InChI=1S/C14H21NO4/c1-4-5-8-15-13(14(16)17)11-9-10(18-2)6-7-12(11)19-3/h6-7,9,13,15H,4-5,8H2,1-3H3,(H,16,17). The van der Waals surface area contributed by atoms with E-state index in [1.165, 1.54) is 7.11 Å². The number of methoxy groups -OCH3 is 2. The van der Waals surface area contributed by atoms with E-state index < -0.39 is 12.0 Å². The maximum atomic E-state index is 11.4. The second kappa shape index (κ2) is 7.63. The topological polar surface area (TPSA) is 67.8 Å². The quantitative estimate of drug-likeness (QED) is 0.707. The zero-order valence-electron chi connectivity index (χ0n) is 11.6. The summed E-state index contributed by atoms with van der Waals surface area (Å²) in [4.78, 5) is 11.4. The molecule has 5 nitrogen and oxygen atoms in total. The number of ether oxygens (including phenoxy) is 2. The third-order valence-electron chi connectivity index (χ3n) is 2.87. The Morgan fingerprint density at radius 2 is 2.11 bits per heavy atom. The van der Waals surface area contributed by atoms with E-state index in [9.17, 15) is 9.90 Å². The SMILES string of the molecule is CCCCNC(C(=O)O)c1cc(OC)ccc1OC. The maximum absolute atomic E-state index is 11.4. The van der Waals surface area contributed by atoms with E-state index in [-0.39, 0.29) is 0 Å². The van der Waals surface area contributed by atoms with E-state index in [4.69, 9.17) is 9.47 Å². The molecule has 1 aromatic rings. The molecule has 0 radical (unpaired) electrons. The molecule has 1 unspecified atom stereocenters. The van der Waals surface area contributed by atoms with Crippen molar-refractivity contribution in [2.45, 2.75) is 25.8 Å². The van der Waals surface area contributed by atoms with Gasteiger partial charge < -0.3 is 19.9 Å². The van der Waals surface area contributed by atoms with Crippen LogP contribution in [-0.2, 0) is 4.79 Å². The van der Waals surface area contributed by atoms with Crippen LogP contribution in [0.1, 0.15) is 31.4 Å². The van der Waals surface area contributed by atoms with Gasteiger partial charge in [-0.05, 0) is 31.2 Å². The predicted molar refractivity (Wildman–Crippen MR) is 72.8 cm³/mol. The molecular formula is C14H21NO4. The van der Waals surface area contributed by atoms with Crippen LogP contribution >= 0.6 is 0 Å². The Morgan fingerprint density at radius 1 is 1.37 bits per heavy atom. The van der Waals surface area contributed by atoms with Crippen LogP contribution < -0.4 is 14.8 Å². The molecule has 0 aliphatic carbocycles. The van der Waals surface area contributed by atoms with Gasteiger partial charge in [-0.15, -0.1) is 0 Å². The van der Waals surface area contributed by atoms with Gasteiger partial charge in [0.25, 0.3) is 0 Å². The summed E-state index contributed by atoms with van der Waals surface area (Å²) in [6.45, 7) is 2.71. The van der Waals surface area contributed by atoms with Crippen molar-refractivity contribution >= 4 is 5.97 Å². The highest BCUT2D eigenvalue weighted by Crippen LogP contribution is 2.29. The molecule has 0 heterocycles. The van der Waals surface area contributed by atoms with Gasteiger partial charge in [-0.1, -0.05) is 13.3 Å². The predicted octanol–water partition coefficient (Wildman–Crippen LogP) is 2.22. The van der Waals surface area contributed by atoms with Crippen LogP contribution in [-0.4, -0.2) is 31.8 Å². The van der Waals surface area contributed by atoms with Crippen LogP contribution in [0.25, 0.3) is 0 Å². The van der Waals surface area contributed by atoms with Crippen LogP contribution in [0.2, 0.25) is 0 Å². The first-order chi connectivity index (χ1) is 9.13. The molecule has 2 N–H and O–H groups in total. The first-order valence-corrected chi connectivity index (χ1v) is 6.32. The minimum absolute atomic E-state index is 0.539. The third kappa shape index (κ3) is 4.13. The van der Waals surface area contributed by atoms with E-state index in [1.54, 1.807) is 25.3 Å². The molecule has 0 bridgehead atoms. The number of unbranched alkanes of at least 4 members (excludes halogenated alkanes) is 1. The van der Waals surface area contributed by atoms with Crippen molar-refractivity contribution in [3.05, 3.63) is 23.8 Å². The summed E-state index contributed by atoms with van der Waals surface area (Å²) < 4.78 is 10.4. The molecule has 1 atom stereocenters. The highest BCUT2D eigenvalue weighted by molar-refractivity contribution is 5.77. The van der Waals surface area contributed by atoms with Gasteiger partial charge in [0.2, 0.25) is 0 Å². The Bertz CT molecular complexity index is 420. The van der Waals surface area contributed by atoms with Crippen molar-refractivity contribution in [2.24, 2.45) is 0 Å². The summed E-state index contributed by atoms with van der Waals surface area (Å²) in [5.74, 6) is 0.221. The van der Waals surface area contributed by atoms with Gasteiger partial charge in [-0.3, -0.25) is 4.79 Å². The molecule has 5 heteroatoms. The van der Waals surface area contributed by atoms with Crippen LogP contribution in [0.3, 0.4) is 0 Å². The molecule has 0 saturated heterocycles. The lowest BCUT2D eigenvalue weighted by Crippen LogP contribution is -2.29. The van der Waals surface area contributed by atoms with Gasteiger partial charge in [0.1, 0.15) is 17.5 Å². The number of aliphatic carboxylic acids is 1. The van der Waals surface area contributed by atoms with Crippen molar-refractivity contribution in [2.75, 3.05) is 20.8 Å². The molecule has 19 heavy (non-hydrogen) atoms. The largest absolute Gasteiger partial charge is 0.497 e. The van der Waals surface area contributed by atoms with E-state index in [2.05, 4.69) is 12.2 Å². The summed E-state index contributed by atoms with van der Waals surface area (Å²) >= 11 is 0. The average molecular weight is 267 g/mol. The van der Waals surface area contributed by atoms with E-state index in [0.717, 1.165) is 12.8 Å². The number of carboxylic acids is 1. The van der Waals surface area contributed by atoms with Gasteiger partial charge >= 0.3 is 5.97 Å². The summed E-state index contributed by atoms with van der Waals surface area (Å²) in [5, 5.41) is 12.4. The van der Waals surface area contributed by atoms with Crippen LogP contribution in [0.5, 0.6) is 11.5 Å². The van der Waals surface area contributed by atoms with E-state index in [0.29, 0.717) is 23.6 Å². The minimum atomic E-state index is -0.928. The number of carboxylic acid groups (broad SMARTS) is 1. The normalized spacial score (nSPS) is 11.9. The smallest absolute Gasteiger partial charge is 0.325 e. The van der Waals surface area contributed by atoms with Gasteiger partial charge in [-0.25, -0.2) is 0 Å². The van der Waals surface area contributed by atoms with Crippen molar-refractivity contribution < 1.29 is 19.4 Å². The Kier molecular flexibility index (Phi) is 6.15. The summed E-state index contributed by atoms with van der Waals surface area (Å²) in [6.07, 6.45) is 1.94. The van der Waals surface area contributed by atoms with Crippen LogP contribution in [0.4, 0.5) is 0 Å². The maximum Gasteiger partial charge on any atom is 0.325 e. The van der Waals surface area contributed by atoms with E-state index >= 15 is 0 Å². The molecule has 0 aliphatic rings. The Morgan fingerprint density at radius 3 is 2.63 bits per heavy atom. The fraction of sp³-hybridized carbons (Fsp3) is 0.500. The fourth-order valence-corrected chi connectivity index (χ4v) is 1.82. The summed E-state index contributed by atoms with van der Waals surface area (Å²) in [7, 11) is 3.07. The monoisotopic (exact) mass is 267 g/mol. The van der Waals surface area contributed by atoms with Crippen LogP contribution in [0.15, 0.2) is 18.2 Å². The highest BCUT2D eigenvalue weighted by Gasteiger charge is 2.23. The second-order valence-corrected chi connectivity index (χ2v) is 4.19. The highest BCUT2D eigenvalue weighted by atomic mass is 16.5. The number of hydrogen-bond acceptors (Lipinski definition) is 4. The first kappa shape index (κ1) is 15.3. The number of rotatable bonds is 8. The minimum Gasteiger partial charge on any atom is -0.497 e. The summed E-state index contributed by atoms with van der Waals surface area (Å²) in [5.41, 5.74) is 0.574. The van der Waals surface area contributed by atoms with Gasteiger partial charge in [0.05, 0.1) is 14.2 Å². The van der Waals surface area contributed by atoms with Crippen molar-refractivity contribution in [1.29, 1.82) is 0 Å². The van der Waals surface area contributed by atoms with Gasteiger partial charge in [-0.2, -0.15) is 0 Å². The molecule has 1 aromatic carbocycles. The van der Waals surface area contributed by atoms with Gasteiger partial charge in [0, 0.05) is 5.56 Å². The van der Waals surface area contributed by atoms with Crippen molar-refractivity contribution in [3.8, 4) is 11.5 Å². The molecule has 1 rings (SSSR count). The van der Waals surface area contributed by atoms with E-state index in [1.807, 2.05) is 0 Å². The number of hydrogen-bond donors (Lipinski definition) is 2. The number of benzene rings is 1.